The van der Waals surface area contributed by atoms with E-state index in [1.165, 1.54) is 12.1 Å². The molecule has 0 aliphatic carbocycles. The number of carbonyl (C=O) groups excluding carboxylic acids is 2. The number of hydrogen-bond acceptors (Lipinski definition) is 3. The predicted molar refractivity (Wildman–Crippen MR) is 91.3 cm³/mol. The minimum Gasteiger partial charge on any atom is -0.347 e. The first-order valence-electron chi connectivity index (χ1n) is 7.69. The van der Waals surface area contributed by atoms with Crippen molar-refractivity contribution in [3.8, 4) is 0 Å². The van der Waals surface area contributed by atoms with Crippen molar-refractivity contribution in [3.05, 3.63) is 71.0 Å². The van der Waals surface area contributed by atoms with Crippen LogP contribution in [-0.4, -0.2) is 37.2 Å². The van der Waals surface area contributed by atoms with Crippen LogP contribution in [0.2, 0.25) is 0 Å². The van der Waals surface area contributed by atoms with Gasteiger partial charge in [-0.3, -0.25) is 9.59 Å². The fraction of sp³-hybridized carbons (Fsp3) is 0.263. The molecule has 0 saturated carbocycles. The Morgan fingerprint density at radius 2 is 1.79 bits per heavy atom. The number of nitrogens with zero attached hydrogens (tertiary/aromatic N) is 1. The second-order valence-electron chi connectivity index (χ2n) is 5.94. The number of aryl methyl sites for hydroxylation is 1. The highest BCUT2D eigenvalue weighted by atomic mass is 19.1. The van der Waals surface area contributed by atoms with E-state index < -0.39 is 11.7 Å². The Bertz CT molecular complexity index is 726. The van der Waals surface area contributed by atoms with Gasteiger partial charge in [0, 0.05) is 12.1 Å². The number of halogens is 1. The smallest absolute Gasteiger partial charge is 0.292 e. The van der Waals surface area contributed by atoms with Gasteiger partial charge in [0.05, 0.1) is 6.04 Å². The lowest BCUT2D eigenvalue weighted by Gasteiger charge is -2.25. The second-order valence-corrected chi connectivity index (χ2v) is 5.94. The number of nitrogens with one attached hydrogen (secondary N) is 1. The van der Waals surface area contributed by atoms with Gasteiger partial charge in [0.2, 0.25) is 5.78 Å². The SMILES string of the molecule is Cc1ccc(C(=O)C(=O)NCC(c2cccc(F)c2)N(C)C)cc1. The molecule has 0 heterocycles. The Labute approximate surface area is 141 Å². The third-order valence-electron chi connectivity index (χ3n) is 3.83. The monoisotopic (exact) mass is 328 g/mol. The number of rotatable bonds is 6. The van der Waals surface area contributed by atoms with Crippen molar-refractivity contribution in [2.75, 3.05) is 20.6 Å². The van der Waals surface area contributed by atoms with E-state index in [-0.39, 0.29) is 18.4 Å². The lowest BCUT2D eigenvalue weighted by Crippen LogP contribution is -2.38. The summed E-state index contributed by atoms with van der Waals surface area (Å²) in [6.45, 7) is 2.13. The number of hydrogen-bond donors (Lipinski definition) is 1. The zero-order valence-electron chi connectivity index (χ0n) is 14.0. The summed E-state index contributed by atoms with van der Waals surface area (Å²) in [4.78, 5) is 26.1. The van der Waals surface area contributed by atoms with Crippen LogP contribution in [0.1, 0.15) is 27.5 Å². The van der Waals surface area contributed by atoms with E-state index in [2.05, 4.69) is 5.32 Å². The Balaban J connectivity index is 2.05. The first-order valence-corrected chi connectivity index (χ1v) is 7.69. The van der Waals surface area contributed by atoms with Crippen LogP contribution in [0.4, 0.5) is 4.39 Å². The van der Waals surface area contributed by atoms with Gasteiger partial charge in [-0.1, -0.05) is 42.0 Å². The van der Waals surface area contributed by atoms with Crippen LogP contribution in [0.5, 0.6) is 0 Å². The van der Waals surface area contributed by atoms with E-state index in [4.69, 9.17) is 0 Å². The second kappa shape index (κ2) is 7.84. The highest BCUT2D eigenvalue weighted by Crippen LogP contribution is 2.18. The molecule has 0 aromatic heterocycles. The van der Waals surface area contributed by atoms with Crippen LogP contribution in [-0.2, 0) is 4.79 Å². The molecule has 2 rings (SSSR count). The molecule has 0 fully saturated rings. The zero-order valence-corrected chi connectivity index (χ0v) is 14.0. The average molecular weight is 328 g/mol. The predicted octanol–water partition coefficient (Wildman–Crippen LogP) is 2.74. The van der Waals surface area contributed by atoms with Gasteiger partial charge in [-0.2, -0.15) is 0 Å². The van der Waals surface area contributed by atoms with Crippen LogP contribution in [0.25, 0.3) is 0 Å². The largest absolute Gasteiger partial charge is 0.347 e. The molecule has 0 radical (unpaired) electrons. The van der Waals surface area contributed by atoms with E-state index >= 15 is 0 Å². The molecule has 1 N–H and O–H groups in total. The minimum atomic E-state index is -0.665. The molecular weight excluding hydrogens is 307 g/mol. The third-order valence-corrected chi connectivity index (χ3v) is 3.83. The average Bonchev–Trinajstić information content (AvgIpc) is 2.54. The van der Waals surface area contributed by atoms with Gasteiger partial charge in [-0.05, 0) is 38.7 Å². The zero-order chi connectivity index (χ0) is 17.7. The summed E-state index contributed by atoms with van der Waals surface area (Å²) < 4.78 is 13.4. The normalized spacial score (nSPS) is 12.0. The molecule has 1 atom stereocenters. The topological polar surface area (TPSA) is 49.4 Å². The van der Waals surface area contributed by atoms with Crippen LogP contribution in [0, 0.1) is 12.7 Å². The van der Waals surface area contributed by atoms with Crippen molar-refractivity contribution in [1.29, 1.82) is 0 Å². The molecule has 5 heteroatoms. The molecule has 126 valence electrons. The molecule has 0 saturated heterocycles. The molecule has 0 aliphatic rings. The van der Waals surface area contributed by atoms with Gasteiger partial charge in [0.1, 0.15) is 5.82 Å². The van der Waals surface area contributed by atoms with Crippen molar-refractivity contribution >= 4 is 11.7 Å². The van der Waals surface area contributed by atoms with Crippen LogP contribution < -0.4 is 5.32 Å². The van der Waals surface area contributed by atoms with Crippen molar-refractivity contribution in [1.82, 2.24) is 10.2 Å². The summed E-state index contributed by atoms with van der Waals surface area (Å²) in [6, 6.07) is 12.8. The Morgan fingerprint density at radius 1 is 1.12 bits per heavy atom. The summed E-state index contributed by atoms with van der Waals surface area (Å²) in [7, 11) is 3.67. The van der Waals surface area contributed by atoms with E-state index in [1.807, 2.05) is 25.9 Å². The molecule has 1 amide bonds. The highest BCUT2D eigenvalue weighted by molar-refractivity contribution is 6.42. The Hall–Kier alpha value is -2.53. The fourth-order valence-corrected chi connectivity index (χ4v) is 2.42. The van der Waals surface area contributed by atoms with Gasteiger partial charge in [0.15, 0.2) is 0 Å². The maximum Gasteiger partial charge on any atom is 0.292 e. The first kappa shape index (κ1) is 17.8. The molecule has 2 aromatic rings. The number of benzene rings is 2. The van der Waals surface area contributed by atoms with Gasteiger partial charge < -0.3 is 10.2 Å². The molecule has 1 unspecified atom stereocenters. The third kappa shape index (κ3) is 4.49. The lowest BCUT2D eigenvalue weighted by molar-refractivity contribution is -0.117. The number of amides is 1. The summed E-state index contributed by atoms with van der Waals surface area (Å²) in [6.07, 6.45) is 0. The van der Waals surface area contributed by atoms with Crippen LogP contribution in [0.15, 0.2) is 48.5 Å². The van der Waals surface area contributed by atoms with Gasteiger partial charge >= 0.3 is 0 Å². The van der Waals surface area contributed by atoms with Crippen LogP contribution in [0.3, 0.4) is 0 Å². The number of carbonyl (C=O) groups is 2. The van der Waals surface area contributed by atoms with Crippen molar-refractivity contribution in [2.24, 2.45) is 0 Å². The van der Waals surface area contributed by atoms with Gasteiger partial charge in [-0.15, -0.1) is 0 Å². The highest BCUT2D eigenvalue weighted by Gasteiger charge is 2.20. The standard InChI is InChI=1S/C19H21FN2O2/c1-13-7-9-14(10-8-13)18(23)19(24)21-12-17(22(2)3)15-5-4-6-16(20)11-15/h4-11,17H,12H2,1-3H3,(H,21,24). The summed E-state index contributed by atoms with van der Waals surface area (Å²) in [5, 5.41) is 2.64. The molecule has 4 nitrogen and oxygen atoms in total. The quantitative estimate of drug-likeness (QED) is 0.655. The van der Waals surface area contributed by atoms with E-state index in [9.17, 15) is 14.0 Å². The fourth-order valence-electron chi connectivity index (χ4n) is 2.42. The van der Waals surface area contributed by atoms with Crippen molar-refractivity contribution in [2.45, 2.75) is 13.0 Å². The van der Waals surface area contributed by atoms with Gasteiger partial charge in [-0.25, -0.2) is 4.39 Å². The molecular formula is C19H21FN2O2. The number of ketones is 1. The number of Topliss-reactive ketones (excluding diaryl/α,β-unsaturated/α-hetero) is 1. The summed E-state index contributed by atoms with van der Waals surface area (Å²) >= 11 is 0. The van der Waals surface area contributed by atoms with Crippen molar-refractivity contribution < 1.29 is 14.0 Å². The van der Waals surface area contributed by atoms with Crippen LogP contribution >= 0.6 is 0 Å². The first-order chi connectivity index (χ1) is 11.4. The van der Waals surface area contributed by atoms with E-state index in [0.717, 1.165) is 11.1 Å². The molecule has 0 bridgehead atoms. The number of likely N-dealkylation sites (N-methyl/N-ethyl adjacent to an activating group) is 1. The molecule has 0 aliphatic heterocycles. The molecule has 2 aromatic carbocycles. The van der Waals surface area contributed by atoms with Crippen molar-refractivity contribution in [3.63, 3.8) is 0 Å². The molecule has 24 heavy (non-hydrogen) atoms. The maximum absolute atomic E-state index is 13.4. The van der Waals surface area contributed by atoms with Gasteiger partial charge in [0.25, 0.3) is 5.91 Å². The Morgan fingerprint density at radius 3 is 2.38 bits per heavy atom. The Kier molecular flexibility index (Phi) is 5.82. The maximum atomic E-state index is 13.4. The van der Waals surface area contributed by atoms with E-state index in [0.29, 0.717) is 5.56 Å². The summed E-state index contributed by atoms with van der Waals surface area (Å²) in [5.74, 6) is -1.57. The van der Waals surface area contributed by atoms with E-state index in [1.54, 1.807) is 36.4 Å². The minimum absolute atomic E-state index is 0.215. The lowest BCUT2D eigenvalue weighted by atomic mass is 10.1. The molecule has 0 spiro atoms. The summed E-state index contributed by atoms with van der Waals surface area (Å²) in [5.41, 5.74) is 2.11.